The van der Waals surface area contributed by atoms with Gasteiger partial charge in [-0.3, -0.25) is 12.0 Å². The van der Waals surface area contributed by atoms with E-state index in [0.717, 1.165) is 19.5 Å². The molecule has 0 amide bonds. The van der Waals surface area contributed by atoms with E-state index in [1.165, 1.54) is 11.1 Å². The highest BCUT2D eigenvalue weighted by atomic mass is 15.1. The molecule has 1 aliphatic heterocycles. The van der Waals surface area contributed by atoms with Crippen LogP contribution in [0.1, 0.15) is 12.0 Å². The van der Waals surface area contributed by atoms with Gasteiger partial charge in [0.05, 0.1) is 0 Å². The molecule has 0 spiro atoms. The van der Waals surface area contributed by atoms with Crippen molar-refractivity contribution in [3.8, 4) is 0 Å². The smallest absolute Gasteiger partial charge is 0.0273 e. The highest BCUT2D eigenvalue weighted by Gasteiger charge is 2.05. The molecule has 2 heterocycles. The largest absolute Gasteiger partial charge is 0.456 e. The van der Waals surface area contributed by atoms with Crippen molar-refractivity contribution in [1.82, 2.24) is 9.88 Å². The summed E-state index contributed by atoms with van der Waals surface area (Å²) in [5, 5.41) is 0. The molecule has 0 aliphatic carbocycles. The first-order valence-electron chi connectivity index (χ1n) is 4.51. The van der Waals surface area contributed by atoms with E-state index in [-0.39, 0.29) is 0 Å². The van der Waals surface area contributed by atoms with Gasteiger partial charge in [-0.15, -0.1) is 0 Å². The van der Waals surface area contributed by atoms with Crippen LogP contribution >= 0.6 is 0 Å². The molecule has 0 unspecified atom stereocenters. The van der Waals surface area contributed by atoms with Gasteiger partial charge < -0.3 is 4.90 Å². The van der Waals surface area contributed by atoms with Crippen LogP contribution in [0, 0.1) is 7.05 Å². The van der Waals surface area contributed by atoms with Gasteiger partial charge in [0.15, 0.2) is 0 Å². The molecule has 0 N–H and O–H groups in total. The SMILES string of the molecule is [CH2-]N1CC=C(c2ccncc2)CC1. The third kappa shape index (κ3) is 1.95. The van der Waals surface area contributed by atoms with Gasteiger partial charge in [0, 0.05) is 12.4 Å². The molecule has 1 aromatic rings. The summed E-state index contributed by atoms with van der Waals surface area (Å²) in [4.78, 5) is 6.08. The van der Waals surface area contributed by atoms with E-state index < -0.39 is 0 Å². The minimum absolute atomic E-state index is 0.956. The quantitative estimate of drug-likeness (QED) is 0.603. The van der Waals surface area contributed by atoms with Crippen LogP contribution in [0.25, 0.3) is 5.57 Å². The molecule has 2 rings (SSSR count). The van der Waals surface area contributed by atoms with E-state index in [1.807, 2.05) is 12.4 Å². The zero-order valence-corrected chi connectivity index (χ0v) is 7.61. The molecule has 0 radical (unpaired) electrons. The summed E-state index contributed by atoms with van der Waals surface area (Å²) in [5.74, 6) is 0. The van der Waals surface area contributed by atoms with Crippen LogP contribution in [0.4, 0.5) is 0 Å². The maximum atomic E-state index is 4.01. The Bertz CT molecular complexity index is 303. The Kier molecular flexibility index (Phi) is 2.41. The topological polar surface area (TPSA) is 16.1 Å². The maximum absolute atomic E-state index is 4.01. The fourth-order valence-electron chi connectivity index (χ4n) is 1.54. The van der Waals surface area contributed by atoms with Gasteiger partial charge in [-0.25, -0.2) is 0 Å². The molecule has 0 aromatic carbocycles. The summed E-state index contributed by atoms with van der Waals surface area (Å²) >= 11 is 0. The number of hydrogen-bond donors (Lipinski definition) is 0. The van der Waals surface area contributed by atoms with Crippen LogP contribution in [0.5, 0.6) is 0 Å². The van der Waals surface area contributed by atoms with Crippen molar-refractivity contribution in [3.05, 3.63) is 43.2 Å². The average Bonchev–Trinajstić information content (AvgIpc) is 2.20. The molecule has 2 nitrogen and oxygen atoms in total. The molecule has 1 aliphatic rings. The minimum atomic E-state index is 0.956. The van der Waals surface area contributed by atoms with Gasteiger partial charge in [0.2, 0.25) is 0 Å². The number of hydrogen-bond acceptors (Lipinski definition) is 2. The molecule has 68 valence electrons. The zero-order chi connectivity index (χ0) is 9.10. The summed E-state index contributed by atoms with van der Waals surface area (Å²) in [6, 6.07) is 4.12. The molecular formula is C11H13N2-. The number of pyridine rings is 1. The van der Waals surface area contributed by atoms with E-state index in [9.17, 15) is 0 Å². The summed E-state index contributed by atoms with van der Waals surface area (Å²) in [6.45, 7) is 2.01. The highest BCUT2D eigenvalue weighted by Crippen LogP contribution is 2.20. The molecule has 0 atom stereocenters. The molecule has 0 saturated heterocycles. The van der Waals surface area contributed by atoms with Crippen LogP contribution < -0.4 is 0 Å². The lowest BCUT2D eigenvalue weighted by molar-refractivity contribution is 0.408. The van der Waals surface area contributed by atoms with Crippen LogP contribution in [-0.2, 0) is 0 Å². The monoisotopic (exact) mass is 173 g/mol. The van der Waals surface area contributed by atoms with E-state index >= 15 is 0 Å². The fraction of sp³-hybridized carbons (Fsp3) is 0.273. The van der Waals surface area contributed by atoms with Crippen molar-refractivity contribution in [3.63, 3.8) is 0 Å². The standard InChI is InChI=1S/C11H13N2/c1-13-8-4-11(5-9-13)10-2-6-12-7-3-10/h2-4,6-7H,1,5,8-9H2/q-1. The van der Waals surface area contributed by atoms with Crippen molar-refractivity contribution >= 4 is 5.57 Å². The molecule has 0 fully saturated rings. The van der Waals surface area contributed by atoms with Crippen molar-refractivity contribution in [2.45, 2.75) is 6.42 Å². The normalized spacial score (nSPS) is 18.4. The first-order valence-corrected chi connectivity index (χ1v) is 4.51. The lowest BCUT2D eigenvalue weighted by Crippen LogP contribution is -2.21. The van der Waals surface area contributed by atoms with Crippen molar-refractivity contribution < 1.29 is 0 Å². The van der Waals surface area contributed by atoms with E-state index in [2.05, 4.69) is 35.1 Å². The van der Waals surface area contributed by atoms with Crippen LogP contribution in [0.2, 0.25) is 0 Å². The van der Waals surface area contributed by atoms with E-state index in [4.69, 9.17) is 0 Å². The summed E-state index contributed by atoms with van der Waals surface area (Å²) < 4.78 is 0. The number of rotatable bonds is 1. The van der Waals surface area contributed by atoms with Gasteiger partial charge in [0.25, 0.3) is 0 Å². The second kappa shape index (κ2) is 3.71. The second-order valence-electron chi connectivity index (χ2n) is 3.29. The van der Waals surface area contributed by atoms with Gasteiger partial charge in [-0.05, 0) is 42.8 Å². The Balaban J connectivity index is 2.19. The number of aromatic nitrogens is 1. The molecule has 13 heavy (non-hydrogen) atoms. The Morgan fingerprint density at radius 2 is 2.08 bits per heavy atom. The third-order valence-corrected chi connectivity index (χ3v) is 2.34. The van der Waals surface area contributed by atoms with Crippen LogP contribution in [-0.4, -0.2) is 23.0 Å². The molecular weight excluding hydrogens is 160 g/mol. The van der Waals surface area contributed by atoms with Crippen LogP contribution in [0.3, 0.4) is 0 Å². The van der Waals surface area contributed by atoms with Gasteiger partial charge in [-0.2, -0.15) is 0 Å². The summed E-state index contributed by atoms with van der Waals surface area (Å²) in [6.07, 6.45) is 7.01. The van der Waals surface area contributed by atoms with Crippen LogP contribution in [0.15, 0.2) is 30.6 Å². The Morgan fingerprint density at radius 1 is 1.31 bits per heavy atom. The van der Waals surface area contributed by atoms with Crippen molar-refractivity contribution in [2.24, 2.45) is 0 Å². The lowest BCUT2D eigenvalue weighted by atomic mass is 10.0. The first kappa shape index (κ1) is 8.45. The Hall–Kier alpha value is -1.15. The van der Waals surface area contributed by atoms with E-state index in [0.29, 0.717) is 0 Å². The van der Waals surface area contributed by atoms with Crippen molar-refractivity contribution in [1.29, 1.82) is 0 Å². The highest BCUT2D eigenvalue weighted by molar-refractivity contribution is 5.66. The Morgan fingerprint density at radius 3 is 2.69 bits per heavy atom. The number of nitrogens with zero attached hydrogens (tertiary/aromatic N) is 2. The summed E-state index contributed by atoms with van der Waals surface area (Å²) in [5.41, 5.74) is 2.71. The van der Waals surface area contributed by atoms with Gasteiger partial charge >= 0.3 is 0 Å². The fourth-order valence-corrected chi connectivity index (χ4v) is 1.54. The lowest BCUT2D eigenvalue weighted by Gasteiger charge is -2.28. The first-order chi connectivity index (χ1) is 6.36. The van der Waals surface area contributed by atoms with E-state index in [1.54, 1.807) is 0 Å². The predicted molar refractivity (Wildman–Crippen MR) is 53.8 cm³/mol. The molecule has 1 aromatic heterocycles. The molecule has 2 heteroatoms. The summed E-state index contributed by atoms with van der Waals surface area (Å²) in [7, 11) is 3.90. The molecule has 0 saturated carbocycles. The van der Waals surface area contributed by atoms with Gasteiger partial charge in [-0.1, -0.05) is 6.08 Å². The average molecular weight is 173 g/mol. The molecule has 0 bridgehead atoms. The van der Waals surface area contributed by atoms with Crippen molar-refractivity contribution in [2.75, 3.05) is 13.1 Å². The maximum Gasteiger partial charge on any atom is 0.0273 e. The third-order valence-electron chi connectivity index (χ3n) is 2.34. The predicted octanol–water partition coefficient (Wildman–Crippen LogP) is 1.96. The minimum Gasteiger partial charge on any atom is -0.456 e. The zero-order valence-electron chi connectivity index (χ0n) is 7.61. The Labute approximate surface area is 78.9 Å². The van der Waals surface area contributed by atoms with Gasteiger partial charge in [0.1, 0.15) is 0 Å². The second-order valence-corrected chi connectivity index (χ2v) is 3.29.